The number of nitrogens with one attached hydrogen (secondary N) is 1. The van der Waals surface area contributed by atoms with Gasteiger partial charge in [-0.05, 0) is 12.5 Å². The fourth-order valence-electron chi connectivity index (χ4n) is 1.62. The first-order valence-corrected chi connectivity index (χ1v) is 5.82. The first-order chi connectivity index (χ1) is 9.39. The molecular formula is C11H15N3O6. The molecule has 9 heteroatoms. The lowest BCUT2D eigenvalue weighted by atomic mass is 9.97. The first-order valence-electron chi connectivity index (χ1n) is 5.82. The Hall–Kier alpha value is -2.26. The summed E-state index contributed by atoms with van der Waals surface area (Å²) in [6.07, 6.45) is 0.314. The zero-order chi connectivity index (χ0) is 15.3. The van der Waals surface area contributed by atoms with Crippen molar-refractivity contribution in [1.82, 2.24) is 0 Å². The summed E-state index contributed by atoms with van der Waals surface area (Å²) in [6, 6.07) is 3.13. The van der Waals surface area contributed by atoms with Gasteiger partial charge < -0.3 is 15.5 Å². The van der Waals surface area contributed by atoms with Gasteiger partial charge in [0.15, 0.2) is 0 Å². The Morgan fingerprint density at radius 3 is 2.20 bits per heavy atom. The molecule has 0 aliphatic carbocycles. The molecular weight excluding hydrogens is 270 g/mol. The van der Waals surface area contributed by atoms with Crippen LogP contribution in [0.3, 0.4) is 0 Å². The number of nitro benzene ring substituents is 2. The van der Waals surface area contributed by atoms with Gasteiger partial charge in [-0.15, -0.1) is 0 Å². The summed E-state index contributed by atoms with van der Waals surface area (Å²) < 4.78 is 0. The fraction of sp³-hybridized carbons (Fsp3) is 0.455. The second kappa shape index (κ2) is 6.26. The molecule has 0 bridgehead atoms. The Labute approximate surface area is 114 Å². The van der Waals surface area contributed by atoms with E-state index in [0.717, 1.165) is 12.1 Å². The average Bonchev–Trinajstić information content (AvgIpc) is 2.44. The molecule has 0 unspecified atom stereocenters. The lowest BCUT2D eigenvalue weighted by Gasteiger charge is -2.30. The molecule has 0 spiro atoms. The van der Waals surface area contributed by atoms with Gasteiger partial charge in [0.2, 0.25) is 0 Å². The van der Waals surface area contributed by atoms with E-state index in [-0.39, 0.29) is 5.69 Å². The number of benzene rings is 1. The number of nitro groups is 2. The van der Waals surface area contributed by atoms with Crippen molar-refractivity contribution in [1.29, 1.82) is 0 Å². The molecule has 0 heterocycles. The van der Waals surface area contributed by atoms with E-state index in [9.17, 15) is 30.4 Å². The SMILES string of the molecule is CCC(CO)(CO)Nc1ccc([N+](=O)[O-])cc1[N+](=O)[O-]. The molecule has 0 atom stereocenters. The van der Waals surface area contributed by atoms with Crippen molar-refractivity contribution < 1.29 is 20.1 Å². The normalized spacial score (nSPS) is 11.2. The van der Waals surface area contributed by atoms with Crippen molar-refractivity contribution in [2.24, 2.45) is 0 Å². The van der Waals surface area contributed by atoms with Gasteiger partial charge in [0.1, 0.15) is 5.69 Å². The van der Waals surface area contributed by atoms with Gasteiger partial charge in [-0.2, -0.15) is 0 Å². The summed E-state index contributed by atoms with van der Waals surface area (Å²) >= 11 is 0. The number of hydrogen-bond acceptors (Lipinski definition) is 7. The van der Waals surface area contributed by atoms with Crippen molar-refractivity contribution in [2.45, 2.75) is 18.9 Å². The smallest absolute Gasteiger partial charge is 0.299 e. The minimum atomic E-state index is -1.12. The van der Waals surface area contributed by atoms with E-state index >= 15 is 0 Å². The number of aliphatic hydroxyl groups excluding tert-OH is 2. The van der Waals surface area contributed by atoms with Crippen LogP contribution < -0.4 is 5.32 Å². The maximum absolute atomic E-state index is 11.0. The van der Waals surface area contributed by atoms with E-state index in [1.165, 1.54) is 6.07 Å². The van der Waals surface area contributed by atoms with Crippen molar-refractivity contribution in [3.63, 3.8) is 0 Å². The van der Waals surface area contributed by atoms with Gasteiger partial charge in [-0.1, -0.05) is 6.92 Å². The van der Waals surface area contributed by atoms with Crippen LogP contribution in [0.25, 0.3) is 0 Å². The lowest BCUT2D eigenvalue weighted by molar-refractivity contribution is -0.393. The number of aliphatic hydroxyl groups is 2. The van der Waals surface area contributed by atoms with E-state index in [4.69, 9.17) is 0 Å². The Morgan fingerprint density at radius 2 is 1.80 bits per heavy atom. The van der Waals surface area contributed by atoms with Crippen LogP contribution in [0.1, 0.15) is 13.3 Å². The number of rotatable bonds is 7. The number of nitrogens with zero attached hydrogens (tertiary/aromatic N) is 2. The van der Waals surface area contributed by atoms with Crippen molar-refractivity contribution in [3.8, 4) is 0 Å². The fourth-order valence-corrected chi connectivity index (χ4v) is 1.62. The molecule has 1 aromatic carbocycles. The van der Waals surface area contributed by atoms with Crippen molar-refractivity contribution in [2.75, 3.05) is 18.5 Å². The van der Waals surface area contributed by atoms with Gasteiger partial charge in [-0.3, -0.25) is 20.2 Å². The average molecular weight is 285 g/mol. The van der Waals surface area contributed by atoms with Gasteiger partial charge in [0.05, 0.1) is 34.7 Å². The highest BCUT2D eigenvalue weighted by Gasteiger charge is 2.30. The predicted octanol–water partition coefficient (Wildman–Crippen LogP) is 1.05. The Morgan fingerprint density at radius 1 is 1.20 bits per heavy atom. The summed E-state index contributed by atoms with van der Waals surface area (Å²) in [4.78, 5) is 20.1. The first kappa shape index (κ1) is 15.8. The second-order valence-corrected chi connectivity index (χ2v) is 4.29. The molecule has 0 aromatic heterocycles. The molecule has 20 heavy (non-hydrogen) atoms. The molecule has 0 saturated carbocycles. The van der Waals surface area contributed by atoms with Crippen LogP contribution in [0.5, 0.6) is 0 Å². The highest BCUT2D eigenvalue weighted by Crippen LogP contribution is 2.31. The van der Waals surface area contributed by atoms with Gasteiger partial charge in [0.25, 0.3) is 11.4 Å². The van der Waals surface area contributed by atoms with E-state index < -0.39 is 40.0 Å². The van der Waals surface area contributed by atoms with Crippen LogP contribution in [-0.4, -0.2) is 38.8 Å². The summed E-state index contributed by atoms with van der Waals surface area (Å²) in [6.45, 7) is 0.818. The van der Waals surface area contributed by atoms with E-state index in [1.54, 1.807) is 6.92 Å². The van der Waals surface area contributed by atoms with Crippen molar-refractivity contribution >= 4 is 17.1 Å². The maximum Gasteiger partial charge on any atom is 0.299 e. The summed E-state index contributed by atoms with van der Waals surface area (Å²) in [5, 5.41) is 42.9. The summed E-state index contributed by atoms with van der Waals surface area (Å²) in [5.74, 6) is 0. The topological polar surface area (TPSA) is 139 Å². The molecule has 0 saturated heterocycles. The van der Waals surface area contributed by atoms with Crippen LogP contribution in [-0.2, 0) is 0 Å². The Balaban J connectivity index is 3.24. The number of non-ortho nitro benzene ring substituents is 1. The van der Waals surface area contributed by atoms with Crippen LogP contribution in [0.15, 0.2) is 18.2 Å². The summed E-state index contributed by atoms with van der Waals surface area (Å²) in [5.41, 5.74) is -2.01. The van der Waals surface area contributed by atoms with E-state index in [2.05, 4.69) is 5.32 Å². The molecule has 1 aromatic rings. The number of hydrogen-bond donors (Lipinski definition) is 3. The molecule has 0 aliphatic heterocycles. The third-order valence-electron chi connectivity index (χ3n) is 3.07. The van der Waals surface area contributed by atoms with Crippen LogP contribution in [0.4, 0.5) is 17.1 Å². The molecule has 110 valence electrons. The highest BCUT2D eigenvalue weighted by atomic mass is 16.6. The largest absolute Gasteiger partial charge is 0.394 e. The quantitative estimate of drug-likeness (QED) is 0.502. The Bertz CT molecular complexity index is 507. The van der Waals surface area contributed by atoms with Gasteiger partial charge >= 0.3 is 0 Å². The van der Waals surface area contributed by atoms with Crippen LogP contribution in [0.2, 0.25) is 0 Å². The minimum Gasteiger partial charge on any atom is -0.394 e. The maximum atomic E-state index is 11.0. The Kier molecular flexibility index (Phi) is 4.94. The second-order valence-electron chi connectivity index (χ2n) is 4.29. The zero-order valence-electron chi connectivity index (χ0n) is 10.8. The molecule has 0 fully saturated rings. The third-order valence-corrected chi connectivity index (χ3v) is 3.07. The van der Waals surface area contributed by atoms with Crippen LogP contribution >= 0.6 is 0 Å². The zero-order valence-corrected chi connectivity index (χ0v) is 10.8. The monoisotopic (exact) mass is 285 g/mol. The summed E-state index contributed by atoms with van der Waals surface area (Å²) in [7, 11) is 0. The molecule has 0 amide bonds. The standard InChI is InChI=1S/C11H15N3O6/c1-2-11(6-15,7-16)12-9-4-3-8(13(17)18)5-10(9)14(19)20/h3-5,12,15-16H,2,6-7H2,1H3. The van der Waals surface area contributed by atoms with Crippen LogP contribution in [0, 0.1) is 20.2 Å². The highest BCUT2D eigenvalue weighted by molar-refractivity contribution is 5.66. The third kappa shape index (κ3) is 3.19. The molecule has 9 nitrogen and oxygen atoms in total. The van der Waals surface area contributed by atoms with Gasteiger partial charge in [0, 0.05) is 6.07 Å². The molecule has 1 rings (SSSR count). The van der Waals surface area contributed by atoms with Crippen molar-refractivity contribution in [3.05, 3.63) is 38.4 Å². The minimum absolute atomic E-state index is 0.00514. The lowest BCUT2D eigenvalue weighted by Crippen LogP contribution is -2.45. The van der Waals surface area contributed by atoms with E-state index in [0.29, 0.717) is 6.42 Å². The van der Waals surface area contributed by atoms with E-state index in [1.807, 2.05) is 0 Å². The van der Waals surface area contributed by atoms with Gasteiger partial charge in [-0.25, -0.2) is 0 Å². The predicted molar refractivity (Wildman–Crippen MR) is 70.6 cm³/mol. The molecule has 3 N–H and O–H groups in total. The molecule has 0 radical (unpaired) electrons. The molecule has 0 aliphatic rings. The number of anilines is 1.